The predicted molar refractivity (Wildman–Crippen MR) is 95.4 cm³/mol. The lowest BCUT2D eigenvalue weighted by molar-refractivity contribution is 0.668. The smallest absolute Gasteiger partial charge is 0.00606 e. The summed E-state index contributed by atoms with van der Waals surface area (Å²) < 4.78 is 0. The molecule has 0 saturated carbocycles. The van der Waals surface area contributed by atoms with Crippen molar-refractivity contribution < 1.29 is 0 Å². The van der Waals surface area contributed by atoms with Gasteiger partial charge >= 0.3 is 0 Å². The van der Waals surface area contributed by atoms with Crippen molar-refractivity contribution in [2.75, 3.05) is 0 Å². The van der Waals surface area contributed by atoms with Crippen LogP contribution in [0.25, 0.3) is 6.08 Å². The fourth-order valence-electron chi connectivity index (χ4n) is 2.34. The summed E-state index contributed by atoms with van der Waals surface area (Å²) in [6.07, 6.45) is 13.1. The number of allylic oxidation sites excluding steroid dienone is 2. The molecular weight excluding hydrogens is 252 g/mol. The Morgan fingerprint density at radius 1 is 0.952 bits per heavy atom. The first-order chi connectivity index (χ1) is 10.3. The van der Waals surface area contributed by atoms with Crippen LogP contribution in [-0.4, -0.2) is 0 Å². The van der Waals surface area contributed by atoms with Crippen molar-refractivity contribution in [2.24, 2.45) is 0 Å². The standard InChI is InChI=1S/C21H30/c1-4-7-8-10-15-21(18-19(5-2)6-3)17-16-20-13-11-9-12-14-20/h9,11-14,16-17H,4-8,10,15H2,1-3H3/b17-16+. The Hall–Kier alpha value is -1.52. The summed E-state index contributed by atoms with van der Waals surface area (Å²) in [5.41, 5.74) is 7.70. The van der Waals surface area contributed by atoms with Gasteiger partial charge < -0.3 is 0 Å². The third-order valence-corrected chi connectivity index (χ3v) is 3.77. The number of unbranched alkanes of at least 4 members (excludes halogenated alkanes) is 3. The minimum absolute atomic E-state index is 1.11. The molecular formula is C21H30. The van der Waals surface area contributed by atoms with Crippen LogP contribution in [0, 0.1) is 0 Å². The molecule has 0 heteroatoms. The fraction of sp³-hybridized carbons (Fsp3) is 0.476. The average Bonchev–Trinajstić information content (AvgIpc) is 2.54. The lowest BCUT2D eigenvalue weighted by Gasteiger charge is -2.02. The highest BCUT2D eigenvalue weighted by Crippen LogP contribution is 2.15. The van der Waals surface area contributed by atoms with E-state index in [1.54, 1.807) is 0 Å². The van der Waals surface area contributed by atoms with Gasteiger partial charge in [-0.1, -0.05) is 82.5 Å². The minimum Gasteiger partial charge on any atom is -0.118 e. The van der Waals surface area contributed by atoms with E-state index in [4.69, 9.17) is 0 Å². The Kier molecular flexibility index (Phi) is 9.33. The zero-order chi connectivity index (χ0) is 15.3. The third kappa shape index (κ3) is 7.73. The first-order valence-corrected chi connectivity index (χ1v) is 8.50. The van der Waals surface area contributed by atoms with Gasteiger partial charge in [0.2, 0.25) is 0 Å². The minimum atomic E-state index is 1.11. The van der Waals surface area contributed by atoms with E-state index in [0.717, 1.165) is 19.3 Å². The van der Waals surface area contributed by atoms with Gasteiger partial charge in [0.25, 0.3) is 0 Å². The normalized spacial score (nSPS) is 10.6. The predicted octanol–water partition coefficient (Wildman–Crippen LogP) is 6.94. The van der Waals surface area contributed by atoms with Gasteiger partial charge in [-0.15, -0.1) is 5.73 Å². The molecule has 0 radical (unpaired) electrons. The molecule has 0 saturated heterocycles. The molecule has 0 nitrogen and oxygen atoms in total. The van der Waals surface area contributed by atoms with Gasteiger partial charge in [0.05, 0.1) is 0 Å². The van der Waals surface area contributed by atoms with E-state index in [1.807, 2.05) is 0 Å². The van der Waals surface area contributed by atoms with Crippen LogP contribution in [-0.2, 0) is 0 Å². The highest BCUT2D eigenvalue weighted by molar-refractivity contribution is 5.52. The van der Waals surface area contributed by atoms with Gasteiger partial charge in [-0.05, 0) is 42.4 Å². The van der Waals surface area contributed by atoms with Crippen molar-refractivity contribution >= 4 is 6.08 Å². The summed E-state index contributed by atoms with van der Waals surface area (Å²) in [4.78, 5) is 0. The van der Waals surface area contributed by atoms with Crippen LogP contribution in [0.3, 0.4) is 0 Å². The van der Waals surface area contributed by atoms with Crippen LogP contribution >= 0.6 is 0 Å². The van der Waals surface area contributed by atoms with Crippen molar-refractivity contribution in [3.05, 3.63) is 58.8 Å². The van der Waals surface area contributed by atoms with Crippen LogP contribution in [0.1, 0.15) is 71.3 Å². The molecule has 0 aliphatic carbocycles. The Bertz CT molecular complexity index is 464. The van der Waals surface area contributed by atoms with Crippen molar-refractivity contribution in [1.29, 1.82) is 0 Å². The summed E-state index contributed by atoms with van der Waals surface area (Å²) in [5.74, 6) is 0. The van der Waals surface area contributed by atoms with E-state index >= 15 is 0 Å². The molecule has 1 aromatic carbocycles. The van der Waals surface area contributed by atoms with Crippen molar-refractivity contribution in [3.63, 3.8) is 0 Å². The maximum atomic E-state index is 3.65. The van der Waals surface area contributed by atoms with Crippen LogP contribution in [0.5, 0.6) is 0 Å². The Balaban J connectivity index is 2.81. The largest absolute Gasteiger partial charge is 0.118 e. The molecule has 0 aliphatic heterocycles. The molecule has 0 aromatic heterocycles. The molecule has 0 heterocycles. The van der Waals surface area contributed by atoms with E-state index in [0.29, 0.717) is 0 Å². The highest BCUT2D eigenvalue weighted by Gasteiger charge is 1.96. The van der Waals surface area contributed by atoms with Crippen LogP contribution in [0.4, 0.5) is 0 Å². The SMILES string of the molecule is CCCCCCC(=C=C(CC)CC)/C=C/c1ccccc1. The molecule has 21 heavy (non-hydrogen) atoms. The maximum absolute atomic E-state index is 3.65. The summed E-state index contributed by atoms with van der Waals surface area (Å²) in [6, 6.07) is 10.5. The van der Waals surface area contributed by atoms with Gasteiger partial charge in [-0.3, -0.25) is 0 Å². The lowest BCUT2D eigenvalue weighted by Crippen LogP contribution is -1.83. The van der Waals surface area contributed by atoms with Gasteiger partial charge in [0, 0.05) is 0 Å². The van der Waals surface area contributed by atoms with E-state index in [9.17, 15) is 0 Å². The number of benzene rings is 1. The van der Waals surface area contributed by atoms with E-state index in [1.165, 1.54) is 42.4 Å². The maximum Gasteiger partial charge on any atom is -0.00606 e. The second kappa shape index (κ2) is 11.2. The summed E-state index contributed by atoms with van der Waals surface area (Å²) >= 11 is 0. The lowest BCUT2D eigenvalue weighted by atomic mass is 10.0. The Morgan fingerprint density at radius 3 is 2.29 bits per heavy atom. The zero-order valence-electron chi connectivity index (χ0n) is 14.0. The first kappa shape index (κ1) is 17.5. The average molecular weight is 282 g/mol. The van der Waals surface area contributed by atoms with Gasteiger partial charge in [-0.25, -0.2) is 0 Å². The van der Waals surface area contributed by atoms with Crippen molar-refractivity contribution in [1.82, 2.24) is 0 Å². The zero-order valence-corrected chi connectivity index (χ0v) is 14.0. The molecule has 0 atom stereocenters. The van der Waals surface area contributed by atoms with Crippen molar-refractivity contribution in [2.45, 2.75) is 65.7 Å². The Morgan fingerprint density at radius 2 is 1.67 bits per heavy atom. The molecule has 0 unspecified atom stereocenters. The first-order valence-electron chi connectivity index (χ1n) is 8.50. The van der Waals surface area contributed by atoms with Gasteiger partial charge in [0.15, 0.2) is 0 Å². The topological polar surface area (TPSA) is 0 Å². The highest BCUT2D eigenvalue weighted by atomic mass is 14.0. The van der Waals surface area contributed by atoms with Crippen molar-refractivity contribution in [3.8, 4) is 0 Å². The molecule has 0 aliphatic rings. The van der Waals surface area contributed by atoms with E-state index in [2.05, 4.69) is 69.0 Å². The monoisotopic (exact) mass is 282 g/mol. The third-order valence-electron chi connectivity index (χ3n) is 3.77. The van der Waals surface area contributed by atoms with Crippen LogP contribution in [0.15, 0.2) is 53.3 Å². The molecule has 0 N–H and O–H groups in total. The number of hydrogen-bond acceptors (Lipinski definition) is 0. The molecule has 0 spiro atoms. The molecule has 0 amide bonds. The fourth-order valence-corrected chi connectivity index (χ4v) is 2.34. The number of hydrogen-bond donors (Lipinski definition) is 0. The molecule has 114 valence electrons. The summed E-state index contributed by atoms with van der Waals surface area (Å²) in [7, 11) is 0. The quantitative estimate of drug-likeness (QED) is 0.261. The molecule has 0 fully saturated rings. The van der Waals surface area contributed by atoms with Crippen LogP contribution < -0.4 is 0 Å². The second-order valence-electron chi connectivity index (χ2n) is 5.52. The summed E-state index contributed by atoms with van der Waals surface area (Å²) in [6.45, 7) is 6.71. The molecule has 1 aromatic rings. The van der Waals surface area contributed by atoms with Gasteiger partial charge in [-0.2, -0.15) is 0 Å². The van der Waals surface area contributed by atoms with Gasteiger partial charge in [0.1, 0.15) is 0 Å². The molecule has 0 bridgehead atoms. The van der Waals surface area contributed by atoms with E-state index < -0.39 is 0 Å². The van der Waals surface area contributed by atoms with Crippen LogP contribution in [0.2, 0.25) is 0 Å². The van der Waals surface area contributed by atoms with E-state index in [-0.39, 0.29) is 0 Å². The Labute approximate surface area is 131 Å². The molecule has 1 rings (SSSR count). The summed E-state index contributed by atoms with van der Waals surface area (Å²) in [5, 5.41) is 0. The second-order valence-corrected chi connectivity index (χ2v) is 5.52. The number of rotatable bonds is 9.